The standard InChI is InChI=1S/C20H22N2O3/c1-3-11-10-22-15-9-20(13-6-4-5-7-14(13)21-19(20)24)16(22)8-12(11)17(15)18(23)25-2/h3-7,12,15-17H,8-10H2,1-2H3,(H,21,24)/b11-3+. The number of nitrogens with one attached hydrogen (secondary N) is 1. The van der Waals surface area contributed by atoms with Gasteiger partial charge in [0.2, 0.25) is 5.91 Å². The Hall–Kier alpha value is -2.14. The lowest BCUT2D eigenvalue weighted by molar-refractivity contribution is -0.153. The molecule has 0 aliphatic carbocycles. The van der Waals surface area contributed by atoms with Crippen molar-refractivity contribution in [2.24, 2.45) is 11.8 Å². The number of methoxy groups -OCH3 is 1. The minimum atomic E-state index is -0.526. The monoisotopic (exact) mass is 338 g/mol. The minimum Gasteiger partial charge on any atom is -0.469 e. The number of ether oxygens (including phenoxy) is 1. The summed E-state index contributed by atoms with van der Waals surface area (Å²) in [7, 11) is 1.47. The third kappa shape index (κ3) is 1.67. The van der Waals surface area contributed by atoms with Crippen molar-refractivity contribution in [1.29, 1.82) is 0 Å². The summed E-state index contributed by atoms with van der Waals surface area (Å²) >= 11 is 0. The number of nitrogens with zero attached hydrogens (tertiary/aromatic N) is 1. The third-order valence-electron chi connectivity index (χ3n) is 7.00. The van der Waals surface area contributed by atoms with Crippen LogP contribution in [0.3, 0.4) is 0 Å². The lowest BCUT2D eigenvalue weighted by atomic mass is 9.69. The first-order valence-electron chi connectivity index (χ1n) is 9.01. The highest BCUT2D eigenvalue weighted by molar-refractivity contribution is 6.07. The van der Waals surface area contributed by atoms with E-state index in [1.807, 2.05) is 25.1 Å². The average molecular weight is 338 g/mol. The molecule has 4 saturated heterocycles. The van der Waals surface area contributed by atoms with Crippen molar-refractivity contribution < 1.29 is 14.3 Å². The first-order valence-corrected chi connectivity index (χ1v) is 9.01. The number of carbonyl (C=O) groups is 2. The van der Waals surface area contributed by atoms with Crippen LogP contribution >= 0.6 is 0 Å². The van der Waals surface area contributed by atoms with E-state index in [1.54, 1.807) is 0 Å². The van der Waals surface area contributed by atoms with Gasteiger partial charge < -0.3 is 10.1 Å². The van der Waals surface area contributed by atoms with Gasteiger partial charge in [0, 0.05) is 24.3 Å². The van der Waals surface area contributed by atoms with Crippen LogP contribution in [0.4, 0.5) is 5.69 Å². The largest absolute Gasteiger partial charge is 0.469 e. The topological polar surface area (TPSA) is 58.6 Å². The van der Waals surface area contributed by atoms with Gasteiger partial charge in [0.05, 0.1) is 18.4 Å². The zero-order valence-corrected chi connectivity index (χ0v) is 14.5. The van der Waals surface area contributed by atoms with Gasteiger partial charge in [-0.25, -0.2) is 0 Å². The van der Waals surface area contributed by atoms with Gasteiger partial charge in [-0.1, -0.05) is 29.8 Å². The Bertz CT molecular complexity index is 817. The molecule has 130 valence electrons. The van der Waals surface area contributed by atoms with E-state index < -0.39 is 5.41 Å². The van der Waals surface area contributed by atoms with E-state index in [1.165, 1.54) is 12.7 Å². The average Bonchev–Trinajstić information content (AvgIpc) is 3.06. The van der Waals surface area contributed by atoms with E-state index >= 15 is 0 Å². The summed E-state index contributed by atoms with van der Waals surface area (Å²) in [6.45, 7) is 2.90. The highest BCUT2D eigenvalue weighted by atomic mass is 16.5. The van der Waals surface area contributed by atoms with Crippen LogP contribution in [0.2, 0.25) is 0 Å². The molecule has 0 aromatic heterocycles. The van der Waals surface area contributed by atoms with E-state index in [0.717, 1.165) is 24.2 Å². The van der Waals surface area contributed by atoms with Crippen LogP contribution in [0.5, 0.6) is 0 Å². The predicted octanol–water partition coefficient (Wildman–Crippen LogP) is 2.09. The molecule has 5 heterocycles. The Balaban J connectivity index is 1.66. The molecule has 1 amide bonds. The number of allylic oxidation sites excluding steroid dienone is 1. The second kappa shape index (κ2) is 4.94. The number of amides is 1. The van der Waals surface area contributed by atoms with Gasteiger partial charge in [-0.2, -0.15) is 0 Å². The highest BCUT2D eigenvalue weighted by Crippen LogP contribution is 2.60. The Morgan fingerprint density at radius 3 is 2.96 bits per heavy atom. The number of esters is 1. The fourth-order valence-electron chi connectivity index (χ4n) is 5.99. The molecule has 6 atom stereocenters. The normalized spacial score (nSPS) is 41.9. The van der Waals surface area contributed by atoms with Crippen molar-refractivity contribution in [1.82, 2.24) is 4.90 Å². The van der Waals surface area contributed by atoms with Crippen molar-refractivity contribution >= 4 is 17.6 Å². The molecule has 6 unspecified atom stereocenters. The molecule has 5 aliphatic heterocycles. The maximum atomic E-state index is 13.1. The third-order valence-corrected chi connectivity index (χ3v) is 7.00. The summed E-state index contributed by atoms with van der Waals surface area (Å²) in [6, 6.07) is 8.26. The van der Waals surface area contributed by atoms with Gasteiger partial charge in [-0.15, -0.1) is 0 Å². The van der Waals surface area contributed by atoms with Crippen LogP contribution in [0.1, 0.15) is 25.3 Å². The van der Waals surface area contributed by atoms with Gasteiger partial charge in [0.25, 0.3) is 0 Å². The molecule has 5 aliphatic rings. The molecule has 5 heteroatoms. The van der Waals surface area contributed by atoms with Crippen LogP contribution in [0.15, 0.2) is 35.9 Å². The van der Waals surface area contributed by atoms with E-state index in [0.29, 0.717) is 6.42 Å². The smallest absolute Gasteiger partial charge is 0.310 e. The molecule has 1 aromatic carbocycles. The SMILES string of the molecule is C/C=C1\CN2C3CC4(C(=O)Nc5ccccc54)C2CC1C3C(=O)OC. The quantitative estimate of drug-likeness (QED) is 0.629. The van der Waals surface area contributed by atoms with Crippen molar-refractivity contribution in [3.8, 4) is 0 Å². The van der Waals surface area contributed by atoms with Gasteiger partial charge >= 0.3 is 5.97 Å². The number of hydrogen-bond acceptors (Lipinski definition) is 4. The van der Waals surface area contributed by atoms with Crippen LogP contribution in [0, 0.1) is 11.8 Å². The zero-order valence-electron chi connectivity index (χ0n) is 14.5. The molecular formula is C20H22N2O3. The summed E-state index contributed by atoms with van der Waals surface area (Å²) in [6.07, 6.45) is 3.69. The van der Waals surface area contributed by atoms with E-state index in [-0.39, 0.29) is 35.8 Å². The van der Waals surface area contributed by atoms with Crippen LogP contribution < -0.4 is 5.32 Å². The molecule has 5 nitrogen and oxygen atoms in total. The highest BCUT2D eigenvalue weighted by Gasteiger charge is 2.68. The zero-order chi connectivity index (χ0) is 17.3. The first-order chi connectivity index (χ1) is 12.1. The fourth-order valence-corrected chi connectivity index (χ4v) is 5.99. The van der Waals surface area contributed by atoms with Crippen LogP contribution in [0.25, 0.3) is 0 Å². The Labute approximate surface area is 147 Å². The van der Waals surface area contributed by atoms with E-state index in [4.69, 9.17) is 4.74 Å². The molecule has 4 bridgehead atoms. The number of carbonyl (C=O) groups excluding carboxylic acids is 2. The molecular weight excluding hydrogens is 316 g/mol. The van der Waals surface area contributed by atoms with Crippen molar-refractivity contribution in [3.05, 3.63) is 41.5 Å². The minimum absolute atomic E-state index is 0.0804. The lowest BCUT2D eigenvalue weighted by Gasteiger charge is -2.51. The van der Waals surface area contributed by atoms with Crippen LogP contribution in [-0.2, 0) is 19.7 Å². The first kappa shape index (κ1) is 15.1. The maximum absolute atomic E-state index is 13.1. The molecule has 1 aromatic rings. The number of benzene rings is 1. The maximum Gasteiger partial charge on any atom is 0.310 e. The van der Waals surface area contributed by atoms with Gasteiger partial charge in [0.15, 0.2) is 0 Å². The Kier molecular flexibility index (Phi) is 2.99. The summed E-state index contributed by atoms with van der Waals surface area (Å²) in [5.74, 6) is -0.0147. The predicted molar refractivity (Wildman–Crippen MR) is 93.0 cm³/mol. The number of para-hydroxylation sites is 1. The summed E-state index contributed by atoms with van der Waals surface area (Å²) < 4.78 is 5.14. The summed E-state index contributed by atoms with van der Waals surface area (Å²) in [5.41, 5.74) is 2.82. The van der Waals surface area contributed by atoms with E-state index in [2.05, 4.69) is 22.4 Å². The molecule has 4 fully saturated rings. The molecule has 0 saturated carbocycles. The number of rotatable bonds is 1. The second-order valence-electron chi connectivity index (χ2n) is 7.69. The lowest BCUT2D eigenvalue weighted by Crippen LogP contribution is -2.60. The van der Waals surface area contributed by atoms with Crippen molar-refractivity contribution in [2.75, 3.05) is 19.0 Å². The molecule has 25 heavy (non-hydrogen) atoms. The van der Waals surface area contributed by atoms with Gasteiger partial charge in [0.1, 0.15) is 0 Å². The Morgan fingerprint density at radius 2 is 2.20 bits per heavy atom. The fraction of sp³-hybridized carbons (Fsp3) is 0.500. The number of anilines is 1. The molecule has 0 radical (unpaired) electrons. The Morgan fingerprint density at radius 1 is 1.40 bits per heavy atom. The molecule has 6 rings (SSSR count). The van der Waals surface area contributed by atoms with Crippen LogP contribution in [-0.4, -0.2) is 42.5 Å². The number of fused-ring (bicyclic) bond motifs is 3. The van der Waals surface area contributed by atoms with Gasteiger partial charge in [-0.05, 0) is 37.3 Å². The summed E-state index contributed by atoms with van der Waals surface area (Å²) in [5, 5.41) is 3.09. The number of hydrogen-bond donors (Lipinski definition) is 1. The summed E-state index contributed by atoms with van der Waals surface area (Å²) in [4.78, 5) is 28.1. The molecule has 1 N–H and O–H groups in total. The van der Waals surface area contributed by atoms with Crippen molar-refractivity contribution in [3.63, 3.8) is 0 Å². The number of piperidine rings is 3. The van der Waals surface area contributed by atoms with Crippen molar-refractivity contribution in [2.45, 2.75) is 37.3 Å². The van der Waals surface area contributed by atoms with Gasteiger partial charge in [-0.3, -0.25) is 14.5 Å². The van der Waals surface area contributed by atoms with E-state index in [9.17, 15) is 9.59 Å². The second-order valence-corrected chi connectivity index (χ2v) is 7.69. The molecule has 1 spiro atoms.